The standard InChI is InChI=1S/C22H34N4O6/c1-6-7-12-24-19(29)18(14-10-8-9-11-16(14)27)26(5)20(30)15(13-17(23)28)25-21(31)32-22(2,3)4/h8-11,15,18,27H,6-7,12-13H2,1-5H3,(H2,23,28)(H,24,29)(H,25,31). The van der Waals surface area contributed by atoms with Crippen LogP contribution in [0.3, 0.4) is 0 Å². The minimum Gasteiger partial charge on any atom is -0.508 e. The molecule has 10 heteroatoms. The molecule has 1 rings (SSSR count). The SMILES string of the molecule is CCCCNC(=O)C(c1ccccc1O)N(C)C(=O)C(CC(N)=O)NC(=O)OC(C)(C)C. The van der Waals surface area contributed by atoms with E-state index in [1.807, 2.05) is 6.92 Å². The van der Waals surface area contributed by atoms with Gasteiger partial charge in [-0.3, -0.25) is 14.4 Å². The second-order valence-electron chi connectivity index (χ2n) is 8.42. The van der Waals surface area contributed by atoms with Crippen molar-refractivity contribution in [1.29, 1.82) is 0 Å². The Morgan fingerprint density at radius 2 is 1.81 bits per heavy atom. The van der Waals surface area contributed by atoms with Gasteiger partial charge in [-0.05, 0) is 33.3 Å². The van der Waals surface area contributed by atoms with E-state index in [9.17, 15) is 24.3 Å². The number of alkyl carbamates (subject to hydrolysis) is 1. The Balaban J connectivity index is 3.22. The molecule has 4 amide bonds. The van der Waals surface area contributed by atoms with E-state index < -0.39 is 47.9 Å². The molecule has 32 heavy (non-hydrogen) atoms. The molecule has 2 atom stereocenters. The van der Waals surface area contributed by atoms with Crippen molar-refractivity contribution in [2.75, 3.05) is 13.6 Å². The van der Waals surface area contributed by atoms with Gasteiger partial charge in [0.15, 0.2) is 0 Å². The zero-order valence-corrected chi connectivity index (χ0v) is 19.3. The van der Waals surface area contributed by atoms with Crippen LogP contribution in [0.5, 0.6) is 5.75 Å². The Hall–Kier alpha value is -3.30. The third-order valence-corrected chi connectivity index (χ3v) is 4.44. The fourth-order valence-electron chi connectivity index (χ4n) is 2.95. The number of carbonyl (C=O) groups excluding carboxylic acids is 4. The van der Waals surface area contributed by atoms with Crippen molar-refractivity contribution >= 4 is 23.8 Å². The first-order valence-corrected chi connectivity index (χ1v) is 10.5. The molecule has 0 saturated heterocycles. The zero-order chi connectivity index (χ0) is 24.5. The molecule has 0 aliphatic rings. The Bertz CT molecular complexity index is 821. The lowest BCUT2D eigenvalue weighted by molar-refractivity contribution is -0.141. The number of hydrogen-bond acceptors (Lipinski definition) is 6. The van der Waals surface area contributed by atoms with E-state index in [0.29, 0.717) is 6.54 Å². The Labute approximate surface area is 188 Å². The van der Waals surface area contributed by atoms with Gasteiger partial charge in [-0.15, -0.1) is 0 Å². The molecular formula is C22H34N4O6. The molecule has 0 aliphatic heterocycles. The predicted octanol–water partition coefficient (Wildman–Crippen LogP) is 1.58. The molecule has 0 aliphatic carbocycles. The van der Waals surface area contributed by atoms with Crippen molar-refractivity contribution in [3.05, 3.63) is 29.8 Å². The summed E-state index contributed by atoms with van der Waals surface area (Å²) in [4.78, 5) is 51.0. The lowest BCUT2D eigenvalue weighted by Gasteiger charge is -2.31. The Kier molecular flexibility index (Phi) is 9.96. The number of benzene rings is 1. The lowest BCUT2D eigenvalue weighted by Crippen LogP contribution is -2.52. The molecule has 0 radical (unpaired) electrons. The van der Waals surface area contributed by atoms with Gasteiger partial charge < -0.3 is 31.1 Å². The average Bonchev–Trinajstić information content (AvgIpc) is 2.66. The first-order chi connectivity index (χ1) is 14.9. The maximum atomic E-state index is 13.2. The summed E-state index contributed by atoms with van der Waals surface area (Å²) >= 11 is 0. The summed E-state index contributed by atoms with van der Waals surface area (Å²) in [5, 5.41) is 15.4. The number of hydrogen-bond donors (Lipinski definition) is 4. The minimum atomic E-state index is -1.36. The first-order valence-electron chi connectivity index (χ1n) is 10.5. The van der Waals surface area contributed by atoms with Crippen LogP contribution < -0.4 is 16.4 Å². The van der Waals surface area contributed by atoms with Gasteiger partial charge in [0, 0.05) is 19.2 Å². The number of amides is 4. The monoisotopic (exact) mass is 450 g/mol. The third kappa shape index (κ3) is 8.44. The van der Waals surface area contributed by atoms with Crippen LogP contribution in [0.2, 0.25) is 0 Å². The van der Waals surface area contributed by atoms with E-state index >= 15 is 0 Å². The number of likely N-dealkylation sites (N-methyl/N-ethyl adjacent to an activating group) is 1. The number of rotatable bonds is 10. The van der Waals surface area contributed by atoms with E-state index in [2.05, 4.69) is 10.6 Å². The summed E-state index contributed by atoms with van der Waals surface area (Å²) in [6.07, 6.45) is 0.197. The van der Waals surface area contributed by atoms with E-state index in [4.69, 9.17) is 10.5 Å². The van der Waals surface area contributed by atoms with Crippen LogP contribution in [0.15, 0.2) is 24.3 Å². The highest BCUT2D eigenvalue weighted by molar-refractivity contribution is 5.94. The number of ether oxygens (including phenoxy) is 1. The predicted molar refractivity (Wildman–Crippen MR) is 119 cm³/mol. The smallest absolute Gasteiger partial charge is 0.408 e. The number of aromatic hydroxyl groups is 1. The zero-order valence-electron chi connectivity index (χ0n) is 19.3. The molecule has 0 aromatic heterocycles. The van der Waals surface area contributed by atoms with Gasteiger partial charge in [-0.2, -0.15) is 0 Å². The normalized spacial score (nSPS) is 12.9. The summed E-state index contributed by atoms with van der Waals surface area (Å²) in [5.74, 6) is -2.24. The van der Waals surface area contributed by atoms with Crippen LogP contribution in [0, 0.1) is 0 Å². The molecule has 2 unspecified atom stereocenters. The molecule has 0 bridgehead atoms. The van der Waals surface area contributed by atoms with E-state index in [0.717, 1.165) is 17.7 Å². The van der Waals surface area contributed by atoms with Crippen LogP contribution in [-0.4, -0.2) is 59.1 Å². The molecule has 0 heterocycles. The van der Waals surface area contributed by atoms with Crippen molar-refractivity contribution in [1.82, 2.24) is 15.5 Å². The fourth-order valence-corrected chi connectivity index (χ4v) is 2.95. The number of phenolic OH excluding ortho intramolecular Hbond substituents is 1. The number of nitrogens with two attached hydrogens (primary N) is 1. The highest BCUT2D eigenvalue weighted by atomic mass is 16.6. The highest BCUT2D eigenvalue weighted by Crippen LogP contribution is 2.28. The van der Waals surface area contributed by atoms with Crippen LogP contribution >= 0.6 is 0 Å². The highest BCUT2D eigenvalue weighted by Gasteiger charge is 2.35. The van der Waals surface area contributed by atoms with Gasteiger partial charge in [0.25, 0.3) is 0 Å². The molecule has 5 N–H and O–H groups in total. The van der Waals surface area contributed by atoms with Gasteiger partial charge in [-0.25, -0.2) is 4.79 Å². The lowest BCUT2D eigenvalue weighted by atomic mass is 10.0. The topological polar surface area (TPSA) is 151 Å². The van der Waals surface area contributed by atoms with Crippen molar-refractivity contribution < 1.29 is 29.0 Å². The molecule has 0 spiro atoms. The second-order valence-corrected chi connectivity index (χ2v) is 8.42. The van der Waals surface area contributed by atoms with Crippen LogP contribution in [0.25, 0.3) is 0 Å². The van der Waals surface area contributed by atoms with Gasteiger partial charge >= 0.3 is 6.09 Å². The van der Waals surface area contributed by atoms with Gasteiger partial charge in [0.2, 0.25) is 17.7 Å². The molecule has 10 nitrogen and oxygen atoms in total. The second kappa shape index (κ2) is 11.9. The molecule has 178 valence electrons. The number of nitrogens with zero attached hydrogens (tertiary/aromatic N) is 1. The number of nitrogens with one attached hydrogen (secondary N) is 2. The Morgan fingerprint density at radius 3 is 2.34 bits per heavy atom. The average molecular weight is 451 g/mol. The van der Waals surface area contributed by atoms with E-state index in [-0.39, 0.29) is 11.3 Å². The molecule has 0 fully saturated rings. The fraction of sp³-hybridized carbons (Fsp3) is 0.545. The molecule has 1 aromatic carbocycles. The van der Waals surface area contributed by atoms with Crippen molar-refractivity contribution in [3.8, 4) is 5.75 Å². The maximum Gasteiger partial charge on any atom is 0.408 e. The van der Waals surface area contributed by atoms with Crippen molar-refractivity contribution in [3.63, 3.8) is 0 Å². The number of para-hydroxylation sites is 1. The molecule has 0 saturated carbocycles. The van der Waals surface area contributed by atoms with Crippen LogP contribution in [0.1, 0.15) is 58.6 Å². The van der Waals surface area contributed by atoms with Gasteiger partial charge in [0.1, 0.15) is 23.4 Å². The minimum absolute atomic E-state index is 0.172. The van der Waals surface area contributed by atoms with E-state index in [1.165, 1.54) is 19.2 Å². The third-order valence-electron chi connectivity index (χ3n) is 4.44. The number of primary amides is 1. The molecule has 1 aromatic rings. The van der Waals surface area contributed by atoms with Crippen molar-refractivity contribution in [2.24, 2.45) is 5.73 Å². The Morgan fingerprint density at radius 1 is 1.19 bits per heavy atom. The summed E-state index contributed by atoms with van der Waals surface area (Å²) in [6.45, 7) is 7.32. The van der Waals surface area contributed by atoms with Crippen LogP contribution in [-0.2, 0) is 19.1 Å². The number of unbranched alkanes of at least 4 members (excludes halogenated alkanes) is 1. The van der Waals surface area contributed by atoms with Crippen LogP contribution in [0.4, 0.5) is 4.79 Å². The van der Waals surface area contributed by atoms with Gasteiger partial charge in [-0.1, -0.05) is 31.5 Å². The molecular weight excluding hydrogens is 416 g/mol. The van der Waals surface area contributed by atoms with Crippen molar-refractivity contribution in [2.45, 2.75) is 64.6 Å². The summed E-state index contributed by atoms with van der Waals surface area (Å²) in [7, 11) is 1.35. The first kappa shape index (κ1) is 26.7. The summed E-state index contributed by atoms with van der Waals surface area (Å²) in [5.41, 5.74) is 4.64. The number of phenols is 1. The van der Waals surface area contributed by atoms with E-state index in [1.54, 1.807) is 32.9 Å². The van der Waals surface area contributed by atoms with Gasteiger partial charge in [0.05, 0.1) is 6.42 Å². The number of carbonyl (C=O) groups is 4. The summed E-state index contributed by atoms with van der Waals surface area (Å²) < 4.78 is 5.16. The quantitative estimate of drug-likeness (QED) is 0.397. The largest absolute Gasteiger partial charge is 0.508 e. The summed E-state index contributed by atoms with van der Waals surface area (Å²) in [6, 6.07) is 3.58. The maximum absolute atomic E-state index is 13.2.